The van der Waals surface area contributed by atoms with Gasteiger partial charge < -0.3 is 15.1 Å². The summed E-state index contributed by atoms with van der Waals surface area (Å²) in [5, 5.41) is 3.44. The molecule has 0 radical (unpaired) electrons. The van der Waals surface area contributed by atoms with Crippen LogP contribution in [0.2, 0.25) is 5.02 Å². The second kappa shape index (κ2) is 9.36. The molecule has 2 atom stereocenters. The van der Waals surface area contributed by atoms with Gasteiger partial charge in [-0.05, 0) is 50.2 Å². The van der Waals surface area contributed by atoms with Crippen molar-refractivity contribution in [1.29, 1.82) is 0 Å². The number of quaternary nitrogens is 1. The van der Waals surface area contributed by atoms with Crippen molar-refractivity contribution >= 4 is 34.8 Å². The molecule has 1 unspecified atom stereocenters. The molecule has 0 heterocycles. The molecule has 0 bridgehead atoms. The first kappa shape index (κ1) is 19.9. The summed E-state index contributed by atoms with van der Waals surface area (Å²) < 4.78 is 0. The number of para-hydroxylation sites is 1. The summed E-state index contributed by atoms with van der Waals surface area (Å²) in [6, 6.07) is 16.2. The number of nitrogens with zero attached hydrogens (tertiary/aromatic N) is 1. The molecule has 0 aliphatic carbocycles. The van der Waals surface area contributed by atoms with Crippen molar-refractivity contribution in [3.63, 3.8) is 0 Å². The third-order valence-corrected chi connectivity index (χ3v) is 4.58. The van der Waals surface area contributed by atoms with E-state index in [2.05, 4.69) is 5.32 Å². The van der Waals surface area contributed by atoms with Crippen molar-refractivity contribution in [2.24, 2.45) is 0 Å². The Morgan fingerprint density at radius 3 is 2.31 bits per heavy atom. The highest BCUT2D eigenvalue weighted by atomic mass is 35.5. The van der Waals surface area contributed by atoms with Gasteiger partial charge in [0.25, 0.3) is 11.8 Å². The third kappa shape index (κ3) is 5.31. The molecule has 0 aromatic heterocycles. The van der Waals surface area contributed by atoms with E-state index >= 15 is 0 Å². The van der Waals surface area contributed by atoms with Crippen LogP contribution in [0.5, 0.6) is 0 Å². The summed E-state index contributed by atoms with van der Waals surface area (Å²) in [5.41, 5.74) is 1.55. The molecule has 2 N–H and O–H groups in total. The highest BCUT2D eigenvalue weighted by Gasteiger charge is 2.28. The summed E-state index contributed by atoms with van der Waals surface area (Å²) in [5.74, 6) is -0.150. The lowest BCUT2D eigenvalue weighted by Crippen LogP contribution is -3.15. The first-order chi connectivity index (χ1) is 12.4. The van der Waals surface area contributed by atoms with E-state index in [1.807, 2.05) is 51.2 Å². The molecule has 0 saturated carbocycles. The van der Waals surface area contributed by atoms with E-state index in [4.69, 9.17) is 11.6 Å². The second-order valence-electron chi connectivity index (χ2n) is 6.22. The van der Waals surface area contributed by atoms with E-state index < -0.39 is 0 Å². The molecule has 0 fully saturated rings. The Balaban J connectivity index is 1.96. The Hall–Kier alpha value is -2.37. The number of rotatable bonds is 7. The quantitative estimate of drug-likeness (QED) is 0.781. The smallest absolute Gasteiger partial charge is 0.284 e. The molecule has 26 heavy (non-hydrogen) atoms. The van der Waals surface area contributed by atoms with Crippen molar-refractivity contribution < 1.29 is 14.5 Å². The van der Waals surface area contributed by atoms with Crippen LogP contribution >= 0.6 is 11.6 Å². The van der Waals surface area contributed by atoms with Crippen molar-refractivity contribution in [3.8, 4) is 0 Å². The molecular formula is C20H25ClN3O2+. The van der Waals surface area contributed by atoms with Gasteiger partial charge in [-0.1, -0.05) is 29.8 Å². The molecule has 2 aromatic rings. The normalized spacial score (nSPS) is 12.9. The van der Waals surface area contributed by atoms with Gasteiger partial charge in [-0.25, -0.2) is 0 Å². The number of hydrogen-bond acceptors (Lipinski definition) is 2. The average molecular weight is 375 g/mol. The summed E-state index contributed by atoms with van der Waals surface area (Å²) in [7, 11) is 1.85. The number of carbonyl (C=O) groups excluding carboxylic acids is 2. The summed E-state index contributed by atoms with van der Waals surface area (Å²) in [6.07, 6.45) is 0. The van der Waals surface area contributed by atoms with Crippen LogP contribution in [0.4, 0.5) is 11.4 Å². The van der Waals surface area contributed by atoms with E-state index in [1.165, 1.54) is 0 Å². The van der Waals surface area contributed by atoms with Crippen molar-refractivity contribution in [1.82, 2.24) is 0 Å². The number of halogens is 1. The lowest BCUT2D eigenvalue weighted by molar-refractivity contribution is -0.885. The predicted octanol–water partition coefficient (Wildman–Crippen LogP) is 2.23. The molecule has 6 heteroatoms. The van der Waals surface area contributed by atoms with E-state index in [9.17, 15) is 9.59 Å². The number of anilines is 2. The van der Waals surface area contributed by atoms with Crippen LogP contribution in [-0.2, 0) is 9.59 Å². The fourth-order valence-electron chi connectivity index (χ4n) is 2.66. The van der Waals surface area contributed by atoms with Gasteiger partial charge in [0, 0.05) is 22.9 Å². The van der Waals surface area contributed by atoms with Gasteiger partial charge in [-0.15, -0.1) is 0 Å². The predicted molar refractivity (Wildman–Crippen MR) is 106 cm³/mol. The van der Waals surface area contributed by atoms with Gasteiger partial charge in [0.15, 0.2) is 12.6 Å². The molecule has 0 aliphatic heterocycles. The van der Waals surface area contributed by atoms with Gasteiger partial charge in [0.1, 0.15) is 0 Å². The number of nitrogens with one attached hydrogen (secondary N) is 2. The third-order valence-electron chi connectivity index (χ3n) is 4.33. The van der Waals surface area contributed by atoms with Crippen molar-refractivity contribution in [3.05, 3.63) is 59.6 Å². The molecule has 0 spiro atoms. The minimum Gasteiger partial charge on any atom is -0.321 e. The lowest BCUT2D eigenvalue weighted by atomic mass is 10.2. The number of carbonyl (C=O) groups is 2. The van der Waals surface area contributed by atoms with Crippen LogP contribution in [0.15, 0.2) is 54.6 Å². The van der Waals surface area contributed by atoms with E-state index in [-0.39, 0.29) is 24.4 Å². The highest BCUT2D eigenvalue weighted by Crippen LogP contribution is 2.14. The maximum Gasteiger partial charge on any atom is 0.284 e. The Kier molecular flexibility index (Phi) is 7.18. The van der Waals surface area contributed by atoms with Gasteiger partial charge >= 0.3 is 0 Å². The van der Waals surface area contributed by atoms with E-state index in [0.29, 0.717) is 17.3 Å². The van der Waals surface area contributed by atoms with Gasteiger partial charge in [0.05, 0.1) is 7.05 Å². The average Bonchev–Trinajstić information content (AvgIpc) is 2.64. The first-order valence-corrected chi connectivity index (χ1v) is 9.04. The van der Waals surface area contributed by atoms with Crippen molar-refractivity contribution in [2.45, 2.75) is 19.9 Å². The van der Waals surface area contributed by atoms with Crippen molar-refractivity contribution in [2.75, 3.05) is 30.4 Å². The number of amides is 2. The number of hydrogen-bond donors (Lipinski definition) is 2. The second-order valence-corrected chi connectivity index (χ2v) is 6.65. The van der Waals surface area contributed by atoms with E-state index in [0.717, 1.165) is 10.6 Å². The van der Waals surface area contributed by atoms with Crippen LogP contribution in [0.1, 0.15) is 13.8 Å². The van der Waals surface area contributed by atoms with Crippen LogP contribution in [0, 0.1) is 0 Å². The molecule has 2 amide bonds. The van der Waals surface area contributed by atoms with Gasteiger partial charge in [0.2, 0.25) is 0 Å². The highest BCUT2D eigenvalue weighted by molar-refractivity contribution is 6.30. The van der Waals surface area contributed by atoms with Crippen LogP contribution in [-0.4, -0.2) is 38.0 Å². The van der Waals surface area contributed by atoms with Crippen LogP contribution in [0.25, 0.3) is 0 Å². The molecular weight excluding hydrogens is 350 g/mol. The summed E-state index contributed by atoms with van der Waals surface area (Å²) in [4.78, 5) is 27.7. The largest absolute Gasteiger partial charge is 0.321 e. The fraction of sp³-hybridized carbons (Fsp3) is 0.300. The standard InChI is InChI=1S/C20H24ClN3O2/c1-4-24(18-8-6-5-7-9-18)20(26)15(2)23(3)14-19(25)22-17-12-10-16(21)11-13-17/h5-13,15H,4,14H2,1-3H3,(H,22,25)/p+1/t15-/m0/s1. The Bertz CT molecular complexity index is 734. The zero-order valence-corrected chi connectivity index (χ0v) is 16.1. The molecule has 0 saturated heterocycles. The SMILES string of the molecule is CCN(C(=O)[C@H](C)[NH+](C)CC(=O)Nc1ccc(Cl)cc1)c1ccccc1. The summed E-state index contributed by atoms with van der Waals surface area (Å²) in [6.45, 7) is 4.57. The molecule has 2 rings (SSSR count). The van der Waals surface area contributed by atoms with Gasteiger partial charge in [-0.2, -0.15) is 0 Å². The minimum atomic E-state index is -0.342. The topological polar surface area (TPSA) is 53.9 Å². The lowest BCUT2D eigenvalue weighted by Gasteiger charge is -2.27. The van der Waals surface area contributed by atoms with Gasteiger partial charge in [-0.3, -0.25) is 9.59 Å². The van der Waals surface area contributed by atoms with E-state index in [1.54, 1.807) is 29.2 Å². The maximum absolute atomic E-state index is 12.9. The Labute approximate surface area is 159 Å². The molecule has 2 aromatic carbocycles. The molecule has 138 valence electrons. The number of benzene rings is 2. The van der Waals surface area contributed by atoms with Crippen LogP contribution < -0.4 is 15.1 Å². The molecule has 5 nitrogen and oxygen atoms in total. The Morgan fingerprint density at radius 2 is 1.73 bits per heavy atom. The minimum absolute atomic E-state index is 0.00417. The zero-order chi connectivity index (χ0) is 19.1. The number of likely N-dealkylation sites (N-methyl/N-ethyl adjacent to an activating group) is 2. The fourth-order valence-corrected chi connectivity index (χ4v) is 2.79. The Morgan fingerprint density at radius 1 is 1.12 bits per heavy atom. The zero-order valence-electron chi connectivity index (χ0n) is 15.3. The van der Waals surface area contributed by atoms with Crippen LogP contribution in [0.3, 0.4) is 0 Å². The first-order valence-electron chi connectivity index (χ1n) is 8.66. The summed E-state index contributed by atoms with van der Waals surface area (Å²) >= 11 is 5.84. The molecule has 0 aliphatic rings. The monoisotopic (exact) mass is 374 g/mol. The maximum atomic E-state index is 12.9.